The van der Waals surface area contributed by atoms with E-state index in [1.165, 1.54) is 10.1 Å². The maximum atomic E-state index is 6.43. The summed E-state index contributed by atoms with van der Waals surface area (Å²) in [6.45, 7) is 0.684. The number of H-pyrrole nitrogens is 1. The molecular formula is C17H13ClN2S. The molecular weight excluding hydrogens is 300 g/mol. The zero-order valence-electron chi connectivity index (χ0n) is 11.2. The SMILES string of the molecule is Clc1c(CNc2ccc3sccc3c2)[nH]c2ccccc12. The topological polar surface area (TPSA) is 27.8 Å². The van der Waals surface area contributed by atoms with Crippen LogP contribution in [0.5, 0.6) is 0 Å². The Morgan fingerprint density at radius 2 is 2.00 bits per heavy atom. The van der Waals surface area contributed by atoms with Gasteiger partial charge in [0.1, 0.15) is 0 Å². The summed E-state index contributed by atoms with van der Waals surface area (Å²) in [7, 11) is 0. The van der Waals surface area contributed by atoms with Crippen LogP contribution >= 0.6 is 22.9 Å². The first-order chi connectivity index (χ1) is 10.3. The van der Waals surface area contributed by atoms with Crippen molar-refractivity contribution in [2.24, 2.45) is 0 Å². The van der Waals surface area contributed by atoms with Crippen LogP contribution in [-0.2, 0) is 6.54 Å². The van der Waals surface area contributed by atoms with Crippen LogP contribution in [0.2, 0.25) is 5.02 Å². The summed E-state index contributed by atoms with van der Waals surface area (Å²) in [6.07, 6.45) is 0. The molecule has 104 valence electrons. The minimum Gasteiger partial charge on any atom is -0.379 e. The van der Waals surface area contributed by atoms with Crippen molar-refractivity contribution in [2.75, 3.05) is 5.32 Å². The molecule has 2 nitrogen and oxygen atoms in total. The lowest BCUT2D eigenvalue weighted by Gasteiger charge is -2.05. The van der Waals surface area contributed by atoms with E-state index in [4.69, 9.17) is 11.6 Å². The minimum absolute atomic E-state index is 0.684. The van der Waals surface area contributed by atoms with Gasteiger partial charge in [0.25, 0.3) is 0 Å². The van der Waals surface area contributed by atoms with Gasteiger partial charge in [-0.25, -0.2) is 0 Å². The number of rotatable bonds is 3. The molecule has 0 radical (unpaired) electrons. The lowest BCUT2D eigenvalue weighted by molar-refractivity contribution is 1.09. The second kappa shape index (κ2) is 5.10. The van der Waals surface area contributed by atoms with Crippen LogP contribution in [0.25, 0.3) is 21.0 Å². The quantitative estimate of drug-likeness (QED) is 0.503. The van der Waals surface area contributed by atoms with E-state index in [0.717, 1.165) is 27.3 Å². The van der Waals surface area contributed by atoms with E-state index >= 15 is 0 Å². The van der Waals surface area contributed by atoms with Gasteiger partial charge >= 0.3 is 0 Å². The molecule has 0 saturated heterocycles. The van der Waals surface area contributed by atoms with Crippen molar-refractivity contribution in [1.29, 1.82) is 0 Å². The van der Waals surface area contributed by atoms with Gasteiger partial charge in [0, 0.05) is 21.3 Å². The highest BCUT2D eigenvalue weighted by Crippen LogP contribution is 2.28. The van der Waals surface area contributed by atoms with Crippen molar-refractivity contribution < 1.29 is 0 Å². The van der Waals surface area contributed by atoms with Gasteiger partial charge < -0.3 is 10.3 Å². The molecule has 0 saturated carbocycles. The normalized spacial score (nSPS) is 11.3. The van der Waals surface area contributed by atoms with E-state index in [2.05, 4.69) is 39.9 Å². The largest absolute Gasteiger partial charge is 0.379 e. The van der Waals surface area contributed by atoms with Crippen LogP contribution < -0.4 is 5.32 Å². The van der Waals surface area contributed by atoms with E-state index in [1.54, 1.807) is 11.3 Å². The number of halogens is 1. The number of aromatic amines is 1. The molecule has 21 heavy (non-hydrogen) atoms. The number of para-hydroxylation sites is 1. The molecule has 0 fully saturated rings. The molecule has 0 aliphatic rings. The van der Waals surface area contributed by atoms with Crippen LogP contribution in [0.15, 0.2) is 53.9 Å². The van der Waals surface area contributed by atoms with Crippen LogP contribution in [0.4, 0.5) is 5.69 Å². The molecule has 0 aliphatic carbocycles. The molecule has 2 N–H and O–H groups in total. The number of aromatic nitrogens is 1. The van der Waals surface area contributed by atoms with Crippen molar-refractivity contribution >= 4 is 49.6 Å². The van der Waals surface area contributed by atoms with Gasteiger partial charge in [0.2, 0.25) is 0 Å². The third kappa shape index (κ3) is 2.28. The van der Waals surface area contributed by atoms with Crippen LogP contribution in [0.1, 0.15) is 5.69 Å². The highest BCUT2D eigenvalue weighted by atomic mass is 35.5. The molecule has 4 aromatic rings. The first kappa shape index (κ1) is 12.7. The summed E-state index contributed by atoms with van der Waals surface area (Å²) in [5, 5.41) is 8.69. The number of hydrogen-bond donors (Lipinski definition) is 2. The number of hydrogen-bond acceptors (Lipinski definition) is 2. The summed E-state index contributed by atoms with van der Waals surface area (Å²) in [4.78, 5) is 3.37. The fourth-order valence-corrected chi connectivity index (χ4v) is 3.60. The van der Waals surface area contributed by atoms with Gasteiger partial charge in [0.15, 0.2) is 0 Å². The Hall–Kier alpha value is -1.97. The average Bonchev–Trinajstić information content (AvgIpc) is 3.10. The van der Waals surface area contributed by atoms with Crippen molar-refractivity contribution in [1.82, 2.24) is 4.98 Å². The van der Waals surface area contributed by atoms with Gasteiger partial charge in [-0.2, -0.15) is 0 Å². The van der Waals surface area contributed by atoms with Crippen LogP contribution in [0.3, 0.4) is 0 Å². The first-order valence-electron chi connectivity index (χ1n) is 6.77. The van der Waals surface area contributed by atoms with Gasteiger partial charge in [-0.05, 0) is 41.1 Å². The zero-order chi connectivity index (χ0) is 14.2. The smallest absolute Gasteiger partial charge is 0.0710 e. The summed E-state index contributed by atoms with van der Waals surface area (Å²) in [6, 6.07) is 16.7. The lowest BCUT2D eigenvalue weighted by Crippen LogP contribution is -1.99. The van der Waals surface area contributed by atoms with E-state index in [0.29, 0.717) is 6.54 Å². The molecule has 4 rings (SSSR count). The summed E-state index contributed by atoms with van der Waals surface area (Å²) in [5.41, 5.74) is 3.20. The number of nitrogens with one attached hydrogen (secondary N) is 2. The van der Waals surface area contributed by atoms with Crippen molar-refractivity contribution in [3.05, 3.63) is 64.6 Å². The molecule has 2 aromatic carbocycles. The highest BCUT2D eigenvalue weighted by molar-refractivity contribution is 7.17. The number of fused-ring (bicyclic) bond motifs is 2. The Kier molecular flexibility index (Phi) is 3.09. The molecule has 0 atom stereocenters. The van der Waals surface area contributed by atoms with Gasteiger partial charge in [-0.15, -0.1) is 11.3 Å². The first-order valence-corrected chi connectivity index (χ1v) is 8.03. The predicted octanol–water partition coefficient (Wildman–Crippen LogP) is 5.65. The van der Waals surface area contributed by atoms with E-state index < -0.39 is 0 Å². The van der Waals surface area contributed by atoms with Crippen LogP contribution in [0, 0.1) is 0 Å². The number of thiophene rings is 1. The number of benzene rings is 2. The second-order valence-electron chi connectivity index (χ2n) is 4.99. The Balaban J connectivity index is 1.61. The highest BCUT2D eigenvalue weighted by Gasteiger charge is 2.08. The van der Waals surface area contributed by atoms with Crippen LogP contribution in [-0.4, -0.2) is 4.98 Å². The second-order valence-corrected chi connectivity index (χ2v) is 6.32. The molecule has 0 amide bonds. The van der Waals surface area contributed by atoms with Crippen molar-refractivity contribution in [2.45, 2.75) is 6.54 Å². The van der Waals surface area contributed by atoms with Gasteiger partial charge in [-0.3, -0.25) is 0 Å². The number of anilines is 1. The maximum absolute atomic E-state index is 6.43. The third-order valence-electron chi connectivity index (χ3n) is 3.64. The molecule has 0 bridgehead atoms. The maximum Gasteiger partial charge on any atom is 0.0710 e. The van der Waals surface area contributed by atoms with Crippen molar-refractivity contribution in [3.63, 3.8) is 0 Å². The Bertz CT molecular complexity index is 923. The lowest BCUT2D eigenvalue weighted by atomic mass is 10.2. The fraction of sp³-hybridized carbons (Fsp3) is 0.0588. The molecule has 2 heterocycles. The van der Waals surface area contributed by atoms with Gasteiger partial charge in [-0.1, -0.05) is 29.8 Å². The third-order valence-corrected chi connectivity index (χ3v) is 4.97. The van der Waals surface area contributed by atoms with Gasteiger partial charge in [0.05, 0.1) is 17.3 Å². The summed E-state index contributed by atoms with van der Waals surface area (Å²) in [5.74, 6) is 0. The summed E-state index contributed by atoms with van der Waals surface area (Å²) >= 11 is 8.19. The van der Waals surface area contributed by atoms with E-state index in [1.807, 2.05) is 24.3 Å². The van der Waals surface area contributed by atoms with E-state index in [-0.39, 0.29) is 0 Å². The molecule has 0 aliphatic heterocycles. The zero-order valence-corrected chi connectivity index (χ0v) is 12.8. The Morgan fingerprint density at radius 1 is 1.10 bits per heavy atom. The predicted molar refractivity (Wildman–Crippen MR) is 92.5 cm³/mol. The molecule has 0 unspecified atom stereocenters. The minimum atomic E-state index is 0.684. The van der Waals surface area contributed by atoms with E-state index in [9.17, 15) is 0 Å². The van der Waals surface area contributed by atoms with Crippen molar-refractivity contribution in [3.8, 4) is 0 Å². The summed E-state index contributed by atoms with van der Waals surface area (Å²) < 4.78 is 1.31. The molecule has 0 spiro atoms. The average molecular weight is 313 g/mol. The Labute approximate surface area is 131 Å². The Morgan fingerprint density at radius 3 is 2.90 bits per heavy atom. The standard InChI is InChI=1S/C17H13ClN2S/c18-17-13-3-1-2-4-14(13)20-15(17)10-19-12-5-6-16-11(9-12)7-8-21-16/h1-9,19-20H,10H2. The molecule has 2 aromatic heterocycles. The monoisotopic (exact) mass is 312 g/mol. The molecule has 4 heteroatoms. The fourth-order valence-electron chi connectivity index (χ4n) is 2.55.